The van der Waals surface area contributed by atoms with Gasteiger partial charge in [-0.2, -0.15) is 0 Å². The van der Waals surface area contributed by atoms with Gasteiger partial charge in [-0.3, -0.25) is 9.59 Å². The number of nitrogens with zero attached hydrogens (tertiary/aromatic N) is 1. The number of hydrogen-bond donors (Lipinski definition) is 2. The third-order valence-corrected chi connectivity index (χ3v) is 4.72. The Balaban J connectivity index is 0.000000323. The molecule has 3 rings (SSSR count). The summed E-state index contributed by atoms with van der Waals surface area (Å²) in [5.74, 6) is 1.54. The minimum atomic E-state index is -0.899. The van der Waals surface area contributed by atoms with Crippen molar-refractivity contribution in [3.63, 3.8) is 0 Å². The maximum atomic E-state index is 12.2. The number of aliphatic hydroxyl groups is 1. The van der Waals surface area contributed by atoms with E-state index in [9.17, 15) is 14.0 Å². The number of carbonyl (C=O) groups excluding carboxylic acids is 1. The van der Waals surface area contributed by atoms with E-state index in [1.54, 1.807) is 31.7 Å². The number of halogens is 1. The van der Waals surface area contributed by atoms with E-state index in [4.69, 9.17) is 16.6 Å². The zero-order valence-electron chi connectivity index (χ0n) is 19.6. The lowest BCUT2D eigenvalue weighted by Gasteiger charge is -2.15. The molecule has 2 aromatic carbocycles. The van der Waals surface area contributed by atoms with E-state index in [1.165, 1.54) is 12.1 Å². The summed E-state index contributed by atoms with van der Waals surface area (Å²) in [5.41, 5.74) is 5.74. The first-order chi connectivity index (χ1) is 14.8. The lowest BCUT2D eigenvalue weighted by molar-refractivity contribution is -0.136. The molecule has 2 N–H and O–H groups in total. The zero-order chi connectivity index (χ0) is 24.6. The highest BCUT2D eigenvalue weighted by Gasteiger charge is 2.26. The van der Waals surface area contributed by atoms with Gasteiger partial charge in [-0.25, -0.2) is 4.39 Å². The van der Waals surface area contributed by atoms with Gasteiger partial charge in [0.25, 0.3) is 0 Å². The van der Waals surface area contributed by atoms with Crippen molar-refractivity contribution < 1.29 is 24.2 Å². The number of amides is 1. The fourth-order valence-electron chi connectivity index (χ4n) is 3.34. The molecule has 0 saturated carbocycles. The van der Waals surface area contributed by atoms with Gasteiger partial charge in [0.2, 0.25) is 6.41 Å². The van der Waals surface area contributed by atoms with E-state index in [1.807, 2.05) is 26.8 Å². The number of benzene rings is 2. The van der Waals surface area contributed by atoms with Gasteiger partial charge in [0, 0.05) is 18.7 Å². The quantitative estimate of drug-likeness (QED) is 0.550. The second kappa shape index (κ2) is 11.4. The van der Waals surface area contributed by atoms with Crippen molar-refractivity contribution in [1.29, 1.82) is 0 Å². The molecule has 5 nitrogen and oxygen atoms in total. The average molecular weight is 442 g/mol. The van der Waals surface area contributed by atoms with Crippen LogP contribution in [0.5, 0.6) is 0 Å². The maximum Gasteiger partial charge on any atom is 0.307 e. The van der Waals surface area contributed by atoms with Crippen molar-refractivity contribution in [2.75, 3.05) is 0 Å². The number of rotatable bonds is 3. The Bertz CT molecular complexity index is 993. The Kier molecular flexibility index (Phi) is 9.61. The zero-order valence-corrected chi connectivity index (χ0v) is 19.6. The molecule has 1 aliphatic heterocycles. The molecule has 1 heterocycles. The molecule has 0 bridgehead atoms. The minimum Gasteiger partial charge on any atom is -0.481 e. The van der Waals surface area contributed by atoms with Crippen LogP contribution in [0.3, 0.4) is 0 Å². The van der Waals surface area contributed by atoms with Crippen molar-refractivity contribution in [3.05, 3.63) is 69.0 Å². The van der Waals surface area contributed by atoms with Crippen molar-refractivity contribution in [1.82, 2.24) is 4.90 Å². The van der Waals surface area contributed by atoms with Crippen LogP contribution in [-0.4, -0.2) is 33.1 Å². The summed E-state index contributed by atoms with van der Waals surface area (Å²) in [6, 6.07) is 6.50. The van der Waals surface area contributed by atoms with Crippen molar-refractivity contribution >= 4 is 12.4 Å². The van der Waals surface area contributed by atoms with E-state index < -0.39 is 11.6 Å². The topological polar surface area (TPSA) is 77.8 Å². The average Bonchev–Trinajstić information content (AvgIpc) is 3.10. The van der Waals surface area contributed by atoms with Crippen molar-refractivity contribution in [3.8, 4) is 12.3 Å². The third-order valence-electron chi connectivity index (χ3n) is 4.72. The van der Waals surface area contributed by atoms with Gasteiger partial charge in [0.05, 0.1) is 12.0 Å². The summed E-state index contributed by atoms with van der Waals surface area (Å²) in [7, 11) is 0. The van der Waals surface area contributed by atoms with Crippen LogP contribution in [0, 0.1) is 38.9 Å². The smallest absolute Gasteiger partial charge is 0.307 e. The van der Waals surface area contributed by atoms with E-state index in [2.05, 4.69) is 5.92 Å². The molecule has 1 aliphatic rings. The third kappa shape index (κ3) is 8.16. The fourth-order valence-corrected chi connectivity index (χ4v) is 3.34. The Morgan fingerprint density at radius 3 is 2.09 bits per heavy atom. The molecule has 172 valence electrons. The molecule has 0 radical (unpaired) electrons. The standard InChI is InChI=1S/C15H15NO3.C7H7F.C4H10O/c1-4-11-9(2)13-6-16(8-17)7-14(13)10(3)12(11)5-15(18)19;1-6-3-2-4-7(8)5-6;1-4(2,3)5/h1,8H,5-7H2,2-3H3,(H,18,19);2-5H,1H3;5H,1-3H3. The normalized spacial score (nSPS) is 11.9. The van der Waals surface area contributed by atoms with Gasteiger partial charge in [-0.1, -0.05) is 18.1 Å². The molecule has 0 unspecified atom stereocenters. The number of aliphatic carboxylic acids is 1. The van der Waals surface area contributed by atoms with Crippen LogP contribution in [0.2, 0.25) is 0 Å². The Morgan fingerprint density at radius 2 is 1.72 bits per heavy atom. The number of fused-ring (bicyclic) bond motifs is 1. The summed E-state index contributed by atoms with van der Waals surface area (Å²) in [6.07, 6.45) is 6.26. The van der Waals surface area contributed by atoms with Crippen molar-refractivity contribution in [2.45, 2.75) is 66.7 Å². The summed E-state index contributed by atoms with van der Waals surface area (Å²) in [5, 5.41) is 17.5. The molecular formula is C26H32FNO4. The Morgan fingerprint density at radius 1 is 1.19 bits per heavy atom. The first-order valence-corrected chi connectivity index (χ1v) is 10.2. The predicted octanol–water partition coefficient (Wildman–Crippen LogP) is 4.30. The van der Waals surface area contributed by atoms with E-state index in [0.717, 1.165) is 34.2 Å². The number of carboxylic acids is 1. The van der Waals surface area contributed by atoms with E-state index in [-0.39, 0.29) is 12.2 Å². The second-order valence-electron chi connectivity index (χ2n) is 8.76. The van der Waals surface area contributed by atoms with Gasteiger partial charge < -0.3 is 15.1 Å². The fraction of sp³-hybridized carbons (Fsp3) is 0.385. The molecular weight excluding hydrogens is 409 g/mol. The SMILES string of the molecule is C#Cc1c(C)c2c(c(C)c1CC(=O)O)CN(C=O)C2.CC(C)(C)O.Cc1cccc(F)c1. The monoisotopic (exact) mass is 441 g/mol. The molecule has 0 fully saturated rings. The van der Waals surface area contributed by atoms with Crippen molar-refractivity contribution in [2.24, 2.45) is 0 Å². The first kappa shape index (κ1) is 26.9. The van der Waals surface area contributed by atoms with Crippen LogP contribution < -0.4 is 0 Å². The number of hydrogen-bond acceptors (Lipinski definition) is 3. The van der Waals surface area contributed by atoms with Crippen LogP contribution in [0.15, 0.2) is 24.3 Å². The summed E-state index contributed by atoms with van der Waals surface area (Å²) >= 11 is 0. The van der Waals surface area contributed by atoms with Gasteiger partial charge in [0.1, 0.15) is 5.82 Å². The van der Waals surface area contributed by atoms with Gasteiger partial charge >= 0.3 is 5.97 Å². The molecule has 0 aliphatic carbocycles. The summed E-state index contributed by atoms with van der Waals surface area (Å²) in [6.45, 7) is 11.9. The Hall–Kier alpha value is -3.17. The van der Waals surface area contributed by atoms with Crippen LogP contribution in [0.25, 0.3) is 0 Å². The molecule has 2 aromatic rings. The molecule has 1 amide bonds. The van der Waals surface area contributed by atoms with E-state index >= 15 is 0 Å². The highest BCUT2D eigenvalue weighted by Crippen LogP contribution is 2.33. The van der Waals surface area contributed by atoms with Gasteiger partial charge in [-0.05, 0) is 87.1 Å². The molecule has 0 spiro atoms. The largest absolute Gasteiger partial charge is 0.481 e. The maximum absolute atomic E-state index is 12.2. The molecule has 6 heteroatoms. The van der Waals surface area contributed by atoms with Crippen LogP contribution in [0.4, 0.5) is 4.39 Å². The molecule has 0 saturated heterocycles. The molecule has 0 aromatic heterocycles. The highest BCUT2D eigenvalue weighted by molar-refractivity contribution is 5.74. The highest BCUT2D eigenvalue weighted by atomic mass is 19.1. The van der Waals surface area contributed by atoms with Crippen LogP contribution >= 0.6 is 0 Å². The summed E-state index contributed by atoms with van der Waals surface area (Å²) < 4.78 is 12.2. The number of carbonyl (C=O) groups is 2. The number of terminal acetylenes is 1. The molecule has 0 atom stereocenters. The summed E-state index contributed by atoms with van der Waals surface area (Å²) in [4.78, 5) is 23.6. The van der Waals surface area contributed by atoms with Crippen LogP contribution in [-0.2, 0) is 29.1 Å². The number of aryl methyl sites for hydroxylation is 1. The van der Waals surface area contributed by atoms with E-state index in [0.29, 0.717) is 24.2 Å². The molecule has 32 heavy (non-hydrogen) atoms. The number of carboxylic acid groups (broad SMARTS) is 1. The van der Waals surface area contributed by atoms with Gasteiger partial charge in [0.15, 0.2) is 0 Å². The lowest BCUT2D eigenvalue weighted by Crippen LogP contribution is -2.13. The van der Waals surface area contributed by atoms with Gasteiger partial charge in [-0.15, -0.1) is 6.42 Å². The second-order valence-corrected chi connectivity index (χ2v) is 8.76. The predicted molar refractivity (Wildman–Crippen MR) is 124 cm³/mol. The van der Waals surface area contributed by atoms with Crippen LogP contribution in [0.1, 0.15) is 59.7 Å². The Labute approximate surface area is 189 Å². The lowest BCUT2D eigenvalue weighted by atomic mass is 9.88. The first-order valence-electron chi connectivity index (χ1n) is 10.2. The minimum absolute atomic E-state index is 0.0828.